The number of nitrogens with zero attached hydrogens (tertiary/aromatic N) is 2. The van der Waals surface area contributed by atoms with Gasteiger partial charge in [0.05, 0.1) is 11.4 Å². The van der Waals surface area contributed by atoms with E-state index in [1.54, 1.807) is 23.6 Å². The van der Waals surface area contributed by atoms with Crippen LogP contribution < -0.4 is 10.2 Å². The van der Waals surface area contributed by atoms with Gasteiger partial charge in [-0.25, -0.2) is 4.98 Å². The van der Waals surface area contributed by atoms with Gasteiger partial charge in [0.1, 0.15) is 0 Å². The highest BCUT2D eigenvalue weighted by molar-refractivity contribution is 7.14. The maximum absolute atomic E-state index is 12.1. The van der Waals surface area contributed by atoms with Gasteiger partial charge >= 0.3 is 0 Å². The second-order valence-corrected chi connectivity index (χ2v) is 7.28. The molecule has 0 spiro atoms. The minimum Gasteiger partial charge on any atom is -0.322 e. The van der Waals surface area contributed by atoms with Gasteiger partial charge in [0.25, 0.3) is 0 Å². The van der Waals surface area contributed by atoms with E-state index in [4.69, 9.17) is 11.6 Å². The van der Waals surface area contributed by atoms with Crippen LogP contribution in [0.15, 0.2) is 60.0 Å². The van der Waals surface area contributed by atoms with Gasteiger partial charge in [-0.05, 0) is 42.8 Å². The summed E-state index contributed by atoms with van der Waals surface area (Å²) in [6, 6.07) is 14.6. The van der Waals surface area contributed by atoms with Gasteiger partial charge in [0, 0.05) is 29.1 Å². The Hall–Kier alpha value is -2.96. The third-order valence-electron chi connectivity index (χ3n) is 3.88. The zero-order chi connectivity index (χ0) is 20.1. The van der Waals surface area contributed by atoms with E-state index in [0.717, 1.165) is 11.3 Å². The Morgan fingerprint density at radius 2 is 1.93 bits per heavy atom. The van der Waals surface area contributed by atoms with Crippen LogP contribution in [0.3, 0.4) is 0 Å². The molecule has 1 aromatic heterocycles. The van der Waals surface area contributed by atoms with Crippen molar-refractivity contribution in [1.82, 2.24) is 4.98 Å². The van der Waals surface area contributed by atoms with Gasteiger partial charge in [0.2, 0.25) is 11.8 Å². The fraction of sp³-hybridized carbons (Fsp3) is 0.0952. The Labute approximate surface area is 172 Å². The number of thiazole rings is 1. The number of amides is 2. The Morgan fingerprint density at radius 1 is 1.18 bits per heavy atom. The van der Waals surface area contributed by atoms with Crippen LogP contribution in [-0.2, 0) is 9.59 Å². The molecule has 3 aromatic rings. The molecule has 3 rings (SSSR count). The van der Waals surface area contributed by atoms with E-state index in [1.807, 2.05) is 43.3 Å². The van der Waals surface area contributed by atoms with Gasteiger partial charge < -0.3 is 5.32 Å². The first kappa shape index (κ1) is 19.8. The number of hydrogen-bond acceptors (Lipinski definition) is 4. The zero-order valence-corrected chi connectivity index (χ0v) is 16.9. The highest BCUT2D eigenvalue weighted by Crippen LogP contribution is 2.29. The molecule has 0 atom stereocenters. The lowest BCUT2D eigenvalue weighted by Crippen LogP contribution is -2.22. The zero-order valence-electron chi connectivity index (χ0n) is 15.3. The summed E-state index contributed by atoms with van der Waals surface area (Å²) in [6.45, 7) is 3.39. The molecule has 7 heteroatoms. The van der Waals surface area contributed by atoms with E-state index in [0.29, 0.717) is 21.5 Å². The van der Waals surface area contributed by atoms with E-state index in [9.17, 15) is 9.59 Å². The standard InChI is InChI=1S/C21H18ClN3O2S/c1-14-8-9-16(12-19(14)22)23-20(27)11-10-17-13-28-21(24-17)25(15(2)26)18-6-4-3-5-7-18/h3-13H,1-2H3,(H,23,27). The molecule has 0 aliphatic rings. The van der Waals surface area contributed by atoms with Crippen LogP contribution in [0, 0.1) is 6.92 Å². The lowest BCUT2D eigenvalue weighted by Gasteiger charge is -2.17. The SMILES string of the molecule is CC(=O)N(c1ccccc1)c1nc(C=CC(=O)Nc2ccc(C)c(Cl)c2)cs1. The van der Waals surface area contributed by atoms with Crippen molar-refractivity contribution in [2.45, 2.75) is 13.8 Å². The molecule has 1 heterocycles. The molecule has 2 aromatic carbocycles. The smallest absolute Gasteiger partial charge is 0.248 e. The number of carbonyl (C=O) groups is 2. The first-order valence-corrected chi connectivity index (χ1v) is 9.76. The Bertz CT molecular complexity index is 1030. The highest BCUT2D eigenvalue weighted by Gasteiger charge is 2.17. The van der Waals surface area contributed by atoms with Gasteiger partial charge in [-0.3, -0.25) is 14.5 Å². The summed E-state index contributed by atoms with van der Waals surface area (Å²) in [5.41, 5.74) is 2.91. The molecule has 0 bridgehead atoms. The molecule has 0 fully saturated rings. The van der Waals surface area contributed by atoms with Crippen LogP contribution in [0.4, 0.5) is 16.5 Å². The van der Waals surface area contributed by atoms with E-state index < -0.39 is 0 Å². The van der Waals surface area contributed by atoms with Crippen LogP contribution in [-0.4, -0.2) is 16.8 Å². The van der Waals surface area contributed by atoms with Gasteiger partial charge in [-0.1, -0.05) is 35.9 Å². The summed E-state index contributed by atoms with van der Waals surface area (Å²) >= 11 is 7.40. The number of rotatable bonds is 5. The topological polar surface area (TPSA) is 62.3 Å². The van der Waals surface area contributed by atoms with Crippen LogP contribution >= 0.6 is 22.9 Å². The summed E-state index contributed by atoms with van der Waals surface area (Å²) in [5, 5.41) is 5.69. The molecule has 2 amide bonds. The van der Waals surface area contributed by atoms with E-state index in [1.165, 1.54) is 29.2 Å². The lowest BCUT2D eigenvalue weighted by atomic mass is 10.2. The third kappa shape index (κ3) is 4.85. The van der Waals surface area contributed by atoms with Crippen molar-refractivity contribution >= 4 is 57.3 Å². The van der Waals surface area contributed by atoms with Crippen molar-refractivity contribution in [3.63, 3.8) is 0 Å². The number of anilines is 3. The van der Waals surface area contributed by atoms with Gasteiger partial charge in [-0.15, -0.1) is 11.3 Å². The highest BCUT2D eigenvalue weighted by atomic mass is 35.5. The van der Waals surface area contributed by atoms with Crippen molar-refractivity contribution in [2.75, 3.05) is 10.2 Å². The molecule has 5 nitrogen and oxygen atoms in total. The normalized spacial score (nSPS) is 10.8. The first-order valence-electron chi connectivity index (χ1n) is 8.50. The number of aromatic nitrogens is 1. The Balaban J connectivity index is 1.71. The average Bonchev–Trinajstić information content (AvgIpc) is 3.12. The second-order valence-electron chi connectivity index (χ2n) is 6.03. The summed E-state index contributed by atoms with van der Waals surface area (Å²) in [4.78, 5) is 30.2. The fourth-order valence-corrected chi connectivity index (χ4v) is 3.51. The average molecular weight is 412 g/mol. The molecular formula is C21H18ClN3O2S. The molecule has 0 aliphatic heterocycles. The Kier molecular flexibility index (Phi) is 6.23. The number of halogens is 1. The van der Waals surface area contributed by atoms with Crippen LogP contribution in [0.5, 0.6) is 0 Å². The van der Waals surface area contributed by atoms with Crippen molar-refractivity contribution in [1.29, 1.82) is 0 Å². The van der Waals surface area contributed by atoms with Crippen LogP contribution in [0.2, 0.25) is 5.02 Å². The molecular weight excluding hydrogens is 394 g/mol. The van der Waals surface area contributed by atoms with E-state index >= 15 is 0 Å². The van der Waals surface area contributed by atoms with Crippen LogP contribution in [0.25, 0.3) is 6.08 Å². The number of nitrogens with one attached hydrogen (secondary N) is 1. The number of para-hydroxylation sites is 1. The largest absolute Gasteiger partial charge is 0.322 e. The van der Waals surface area contributed by atoms with Gasteiger partial charge in [0.15, 0.2) is 5.13 Å². The van der Waals surface area contributed by atoms with Crippen molar-refractivity contribution in [3.05, 3.63) is 76.3 Å². The quantitative estimate of drug-likeness (QED) is 0.568. The van der Waals surface area contributed by atoms with Crippen molar-refractivity contribution < 1.29 is 9.59 Å². The van der Waals surface area contributed by atoms with E-state index in [2.05, 4.69) is 10.3 Å². The Morgan fingerprint density at radius 3 is 2.61 bits per heavy atom. The maximum atomic E-state index is 12.1. The molecule has 1 N–H and O–H groups in total. The summed E-state index contributed by atoms with van der Waals surface area (Å²) in [7, 11) is 0. The summed E-state index contributed by atoms with van der Waals surface area (Å²) in [5.74, 6) is -0.425. The van der Waals surface area contributed by atoms with E-state index in [-0.39, 0.29) is 11.8 Å². The number of benzene rings is 2. The predicted molar refractivity (Wildman–Crippen MR) is 115 cm³/mol. The number of carbonyl (C=O) groups excluding carboxylic acids is 2. The molecule has 0 unspecified atom stereocenters. The second kappa shape index (κ2) is 8.82. The lowest BCUT2D eigenvalue weighted by molar-refractivity contribution is -0.116. The number of hydrogen-bond donors (Lipinski definition) is 1. The minimum atomic E-state index is -0.291. The molecule has 0 saturated heterocycles. The first-order chi connectivity index (χ1) is 13.4. The maximum Gasteiger partial charge on any atom is 0.248 e. The monoisotopic (exact) mass is 411 g/mol. The molecule has 28 heavy (non-hydrogen) atoms. The predicted octanol–water partition coefficient (Wildman–Crippen LogP) is 5.44. The summed E-state index contributed by atoms with van der Waals surface area (Å²) < 4.78 is 0. The third-order valence-corrected chi connectivity index (χ3v) is 5.13. The summed E-state index contributed by atoms with van der Waals surface area (Å²) in [6.07, 6.45) is 3.00. The molecule has 0 saturated carbocycles. The van der Waals surface area contributed by atoms with Crippen molar-refractivity contribution in [2.24, 2.45) is 0 Å². The molecule has 142 valence electrons. The fourth-order valence-electron chi connectivity index (χ4n) is 2.48. The molecule has 0 radical (unpaired) electrons. The minimum absolute atomic E-state index is 0.134. The van der Waals surface area contributed by atoms with Crippen LogP contribution in [0.1, 0.15) is 18.2 Å². The van der Waals surface area contributed by atoms with Gasteiger partial charge in [-0.2, -0.15) is 0 Å². The molecule has 0 aliphatic carbocycles. The van der Waals surface area contributed by atoms with Crippen molar-refractivity contribution in [3.8, 4) is 0 Å². The number of aryl methyl sites for hydroxylation is 1.